The maximum atomic E-state index is 7.44. The lowest BCUT2D eigenvalue weighted by molar-refractivity contribution is -0.754. The van der Waals surface area contributed by atoms with Gasteiger partial charge < -0.3 is 0 Å². The Balaban J connectivity index is 2.73. The average molecular weight is 209 g/mol. The van der Waals surface area contributed by atoms with Crippen LogP contribution in [0.2, 0.25) is 0 Å². The van der Waals surface area contributed by atoms with E-state index < -0.39 is 0 Å². The van der Waals surface area contributed by atoms with Crippen LogP contribution < -0.4 is 5.64 Å². The standard InChI is InChI=1S/H3NO10S/c2-5-8-6-3-1-4-7-9-10-11-12/h1-2,12H. The molecular formula is H3NO10S. The van der Waals surface area contributed by atoms with Gasteiger partial charge in [0.2, 0.25) is 0 Å². The molecule has 0 aromatic heterocycles. The molecule has 74 valence electrons. The van der Waals surface area contributed by atoms with Gasteiger partial charge in [-0.15, -0.1) is 4.33 Å². The highest BCUT2D eigenvalue weighted by molar-refractivity contribution is 7.74. The fourth-order valence-electron chi connectivity index (χ4n) is 0.106. The summed E-state index contributed by atoms with van der Waals surface area (Å²) in [4.78, 5) is 7.36. The van der Waals surface area contributed by atoms with Crippen molar-refractivity contribution in [2.75, 3.05) is 0 Å². The van der Waals surface area contributed by atoms with E-state index in [2.05, 4.69) is 57.4 Å². The lowest BCUT2D eigenvalue weighted by Crippen LogP contribution is -2.16. The zero-order chi connectivity index (χ0) is 9.07. The Morgan fingerprint density at radius 2 is 1.58 bits per heavy atom. The van der Waals surface area contributed by atoms with Gasteiger partial charge in [0.05, 0.1) is 0 Å². The molecule has 11 nitrogen and oxygen atoms in total. The zero-order valence-electron chi connectivity index (χ0n) is 5.07. The average Bonchev–Trinajstić information content (AvgIpc) is 2.10. The number of nitrogens with one attached hydrogen (secondary N) is 1. The third-order valence-corrected chi connectivity index (χ3v) is 0.341. The minimum absolute atomic E-state index is 1.43. The Morgan fingerprint density at radius 3 is 2.17 bits per heavy atom. The predicted molar refractivity (Wildman–Crippen MR) is 24.5 cm³/mol. The van der Waals surface area contributed by atoms with Crippen LogP contribution in [0.15, 0.2) is 0 Å². The van der Waals surface area contributed by atoms with Gasteiger partial charge in [0.1, 0.15) is 0 Å². The van der Waals surface area contributed by atoms with Crippen molar-refractivity contribution in [1.82, 2.24) is 5.64 Å². The van der Waals surface area contributed by atoms with Crippen molar-refractivity contribution in [3.05, 3.63) is 0 Å². The number of hydrogen-bond acceptors (Lipinski definition) is 12. The molecule has 0 heterocycles. The third-order valence-electron chi connectivity index (χ3n) is 0.280. The van der Waals surface area contributed by atoms with Crippen LogP contribution in [0, 0.1) is 0 Å². The second kappa shape index (κ2) is 10.9. The van der Waals surface area contributed by atoms with Crippen molar-refractivity contribution >= 4 is 12.9 Å². The van der Waals surface area contributed by atoms with Gasteiger partial charge in [0, 0.05) is 12.9 Å². The highest BCUT2D eigenvalue weighted by Crippen LogP contribution is 1.85. The summed E-state index contributed by atoms with van der Waals surface area (Å²) in [7, 11) is 0. The van der Waals surface area contributed by atoms with Crippen LogP contribution in [0.3, 0.4) is 0 Å². The number of thiol groups is 1. The van der Waals surface area contributed by atoms with E-state index in [1.54, 1.807) is 0 Å². The quantitative estimate of drug-likeness (QED) is 0.147. The Kier molecular flexibility index (Phi) is 10.8. The third kappa shape index (κ3) is 9.91. The molecule has 0 rings (SSSR count). The van der Waals surface area contributed by atoms with Gasteiger partial charge in [0.15, 0.2) is 0 Å². The van der Waals surface area contributed by atoms with E-state index >= 15 is 0 Å². The SMILES string of the molecule is OOOOONOOOOOS. The van der Waals surface area contributed by atoms with Crippen molar-refractivity contribution in [2.24, 2.45) is 0 Å². The molecule has 12 heteroatoms. The van der Waals surface area contributed by atoms with Crippen molar-refractivity contribution in [3.8, 4) is 0 Å². The fourth-order valence-corrected chi connectivity index (χ4v) is 0.130. The van der Waals surface area contributed by atoms with Crippen LogP contribution >= 0.6 is 12.9 Å². The molecule has 0 aromatic rings. The van der Waals surface area contributed by atoms with Gasteiger partial charge in [-0.2, -0.15) is 0 Å². The van der Waals surface area contributed by atoms with Gasteiger partial charge in [-0.25, -0.2) is 5.26 Å². The van der Waals surface area contributed by atoms with Gasteiger partial charge in [0.25, 0.3) is 0 Å². The largest absolute Gasteiger partial charge is 0.219 e. The topological polar surface area (TPSA) is 115 Å². The number of hydrogen-bond donors (Lipinski definition) is 3. The lowest BCUT2D eigenvalue weighted by atomic mass is 13.2. The summed E-state index contributed by atoms with van der Waals surface area (Å²) >= 11 is 3.07. The molecule has 0 atom stereocenters. The summed E-state index contributed by atoms with van der Waals surface area (Å²) in [5, 5.41) is 27.8. The predicted octanol–water partition coefficient (Wildman–Crippen LogP) is -0.722. The normalized spacial score (nSPS) is 10.5. The summed E-state index contributed by atoms with van der Waals surface area (Å²) in [6.07, 6.45) is 0. The van der Waals surface area contributed by atoms with E-state index in [4.69, 9.17) is 5.26 Å². The molecule has 12 heavy (non-hydrogen) atoms. The van der Waals surface area contributed by atoms with Gasteiger partial charge >= 0.3 is 0 Å². The minimum Gasteiger partial charge on any atom is -0.219 e. The van der Waals surface area contributed by atoms with Crippen LogP contribution in [0.1, 0.15) is 0 Å². The molecule has 0 fully saturated rings. The van der Waals surface area contributed by atoms with E-state index in [-0.39, 0.29) is 0 Å². The van der Waals surface area contributed by atoms with Crippen molar-refractivity contribution in [3.63, 3.8) is 0 Å². The first-order valence-corrected chi connectivity index (χ1v) is 2.31. The van der Waals surface area contributed by atoms with Crippen LogP contribution in [-0.2, 0) is 44.5 Å². The van der Waals surface area contributed by atoms with Crippen LogP contribution in [-0.4, -0.2) is 5.26 Å². The molecule has 0 aliphatic heterocycles. The molecule has 0 aliphatic rings. The fraction of sp³-hybridized carbons (Fsp3) is 0. The Bertz CT molecular complexity index is 66.2. The number of rotatable bonds is 9. The smallest absolute Gasteiger partial charge is 0.0182 e. The Labute approximate surface area is 69.4 Å². The van der Waals surface area contributed by atoms with E-state index in [9.17, 15) is 0 Å². The van der Waals surface area contributed by atoms with Crippen molar-refractivity contribution in [1.29, 1.82) is 0 Å². The van der Waals surface area contributed by atoms with Crippen LogP contribution in [0.4, 0.5) is 0 Å². The molecule has 0 radical (unpaired) electrons. The molecule has 0 saturated heterocycles. The first-order chi connectivity index (χ1) is 5.91. The van der Waals surface area contributed by atoms with Crippen molar-refractivity contribution in [2.45, 2.75) is 0 Å². The van der Waals surface area contributed by atoms with Gasteiger partial charge in [-0.3, -0.25) is 0 Å². The van der Waals surface area contributed by atoms with Crippen molar-refractivity contribution < 1.29 is 49.8 Å². The van der Waals surface area contributed by atoms with Crippen LogP contribution in [0.5, 0.6) is 0 Å². The first-order valence-electron chi connectivity index (χ1n) is 1.94. The van der Waals surface area contributed by atoms with E-state index in [0.29, 0.717) is 0 Å². The second-order valence-corrected chi connectivity index (χ2v) is 0.888. The van der Waals surface area contributed by atoms with E-state index in [0.717, 1.165) is 0 Å². The molecule has 0 unspecified atom stereocenters. The molecular weight excluding hydrogens is 206 g/mol. The molecule has 0 bridgehead atoms. The highest BCUT2D eigenvalue weighted by Gasteiger charge is 1.91. The molecule has 0 amide bonds. The van der Waals surface area contributed by atoms with Gasteiger partial charge in [-0.1, -0.05) is 9.98 Å². The molecule has 2 N–H and O–H groups in total. The van der Waals surface area contributed by atoms with Crippen LogP contribution in [0.25, 0.3) is 0 Å². The summed E-state index contributed by atoms with van der Waals surface area (Å²) in [6, 6.07) is 0. The van der Waals surface area contributed by atoms with Gasteiger partial charge in [-0.05, 0) is 35.9 Å². The summed E-state index contributed by atoms with van der Waals surface area (Å²) in [6.45, 7) is 0. The molecule has 0 aliphatic carbocycles. The zero-order valence-corrected chi connectivity index (χ0v) is 5.96. The Morgan fingerprint density at radius 1 is 0.917 bits per heavy atom. The maximum absolute atomic E-state index is 7.44. The molecule has 0 saturated carbocycles. The highest BCUT2D eigenvalue weighted by atomic mass is 32.1. The molecule has 0 aromatic carbocycles. The monoisotopic (exact) mass is 209 g/mol. The first kappa shape index (κ1) is 11.9. The Hall–Kier alpha value is -0.0900. The summed E-state index contributed by atoms with van der Waals surface area (Å²) in [5.74, 6) is 0. The lowest BCUT2D eigenvalue weighted by Gasteiger charge is -1.98. The van der Waals surface area contributed by atoms with E-state index in [1.807, 2.05) is 0 Å². The maximum Gasteiger partial charge on any atom is 0.0182 e. The van der Waals surface area contributed by atoms with E-state index in [1.165, 1.54) is 5.64 Å². The molecule has 0 spiro atoms. The minimum atomic E-state index is 1.43. The summed E-state index contributed by atoms with van der Waals surface area (Å²) in [5.41, 5.74) is 1.43. The summed E-state index contributed by atoms with van der Waals surface area (Å²) < 4.78 is 3.58. The second-order valence-electron chi connectivity index (χ2n) is 0.739.